The van der Waals surface area contributed by atoms with Gasteiger partial charge in [0.1, 0.15) is 11.9 Å². The van der Waals surface area contributed by atoms with Crippen molar-refractivity contribution in [2.45, 2.75) is 26.3 Å². The summed E-state index contributed by atoms with van der Waals surface area (Å²) in [5.74, 6) is 0.846. The molecule has 0 aliphatic heterocycles. The minimum absolute atomic E-state index is 0.0609. The third kappa shape index (κ3) is 2.47. The van der Waals surface area contributed by atoms with E-state index >= 15 is 0 Å². The molecule has 22 heavy (non-hydrogen) atoms. The number of rotatable bonds is 4. The normalized spacial score (nSPS) is 12.5. The maximum Gasteiger partial charge on any atom is 0.247 e. The number of carbonyl (C=O) groups excluding carboxylic acids is 1. The summed E-state index contributed by atoms with van der Waals surface area (Å²) in [6, 6.07) is 5.40. The van der Waals surface area contributed by atoms with Crippen LogP contribution >= 0.6 is 0 Å². The molecule has 1 amide bonds. The first-order valence-corrected chi connectivity index (χ1v) is 7.33. The summed E-state index contributed by atoms with van der Waals surface area (Å²) >= 11 is 0. The van der Waals surface area contributed by atoms with Crippen molar-refractivity contribution >= 4 is 22.6 Å². The summed E-state index contributed by atoms with van der Waals surface area (Å²) in [5, 5.41) is 2.96. The molecule has 0 fully saturated rings. The number of nitrogens with one attached hydrogen (secondary N) is 1. The molecular formula is C16H19N5O. The molecule has 2 heterocycles. The van der Waals surface area contributed by atoms with Crippen molar-refractivity contribution in [3.05, 3.63) is 42.7 Å². The first-order chi connectivity index (χ1) is 10.6. The Kier molecular flexibility index (Phi) is 3.66. The van der Waals surface area contributed by atoms with Crippen LogP contribution in [0, 0.1) is 0 Å². The average molecular weight is 297 g/mol. The fraction of sp³-hybridized carbons (Fsp3) is 0.312. The molecule has 3 aromatic rings. The molecule has 1 unspecified atom stereocenters. The predicted octanol–water partition coefficient (Wildman–Crippen LogP) is 2.53. The van der Waals surface area contributed by atoms with E-state index in [1.54, 1.807) is 12.5 Å². The molecule has 1 N–H and O–H groups in total. The van der Waals surface area contributed by atoms with Gasteiger partial charge in [0.15, 0.2) is 0 Å². The van der Waals surface area contributed by atoms with Crippen molar-refractivity contribution in [3.63, 3.8) is 0 Å². The zero-order valence-electron chi connectivity index (χ0n) is 12.9. The molecule has 1 aromatic carbocycles. The Morgan fingerprint density at radius 2 is 2.18 bits per heavy atom. The second-order valence-electron chi connectivity index (χ2n) is 5.33. The molecule has 0 saturated heterocycles. The Hall–Kier alpha value is -2.63. The molecule has 0 spiro atoms. The minimum atomic E-state index is -0.306. The van der Waals surface area contributed by atoms with E-state index < -0.39 is 0 Å². The number of fused-ring (bicyclic) bond motifs is 1. The highest BCUT2D eigenvalue weighted by atomic mass is 16.2. The van der Waals surface area contributed by atoms with E-state index in [-0.39, 0.29) is 11.9 Å². The topological polar surface area (TPSA) is 64.7 Å². The molecule has 0 bridgehead atoms. The summed E-state index contributed by atoms with van der Waals surface area (Å²) in [5.41, 5.74) is 2.67. The number of anilines is 1. The molecule has 0 aliphatic rings. The number of aromatic nitrogens is 4. The molecule has 6 heteroatoms. The molecular weight excluding hydrogens is 278 g/mol. The highest BCUT2D eigenvalue weighted by Gasteiger charge is 2.17. The lowest BCUT2D eigenvalue weighted by molar-refractivity contribution is -0.118. The van der Waals surface area contributed by atoms with Crippen LogP contribution in [-0.2, 0) is 18.3 Å². The van der Waals surface area contributed by atoms with E-state index in [4.69, 9.17) is 0 Å². The van der Waals surface area contributed by atoms with E-state index in [1.807, 2.05) is 54.4 Å². The maximum absolute atomic E-state index is 12.5. The SMILES string of the molecule is CCc1nccn1C(C)C(=O)Nc1ccc2ncn(C)c2c1. The second kappa shape index (κ2) is 5.63. The van der Waals surface area contributed by atoms with Gasteiger partial charge in [0.2, 0.25) is 5.91 Å². The van der Waals surface area contributed by atoms with Crippen LogP contribution in [-0.4, -0.2) is 25.0 Å². The molecule has 6 nitrogen and oxygen atoms in total. The van der Waals surface area contributed by atoms with Crippen LogP contribution in [0.2, 0.25) is 0 Å². The standard InChI is InChI=1S/C16H19N5O/c1-4-15-17-7-8-21(15)11(2)16(22)19-12-5-6-13-14(9-12)20(3)10-18-13/h5-11H,4H2,1-3H3,(H,19,22). The Bertz CT molecular complexity index is 817. The Balaban J connectivity index is 1.81. The van der Waals surface area contributed by atoms with Gasteiger partial charge in [0, 0.05) is 31.5 Å². The molecule has 0 saturated carbocycles. The second-order valence-corrected chi connectivity index (χ2v) is 5.33. The zero-order chi connectivity index (χ0) is 15.7. The molecule has 114 valence electrons. The number of amides is 1. The lowest BCUT2D eigenvalue weighted by Gasteiger charge is -2.16. The number of aryl methyl sites for hydroxylation is 2. The molecule has 2 aromatic heterocycles. The lowest BCUT2D eigenvalue weighted by Crippen LogP contribution is -2.24. The van der Waals surface area contributed by atoms with Crippen LogP contribution < -0.4 is 5.32 Å². The monoisotopic (exact) mass is 297 g/mol. The Morgan fingerprint density at radius 3 is 2.95 bits per heavy atom. The summed E-state index contributed by atoms with van der Waals surface area (Å²) in [4.78, 5) is 21.0. The maximum atomic E-state index is 12.5. The zero-order valence-corrected chi connectivity index (χ0v) is 12.9. The van der Waals surface area contributed by atoms with Gasteiger partial charge in [-0.3, -0.25) is 4.79 Å². The van der Waals surface area contributed by atoms with E-state index in [1.165, 1.54) is 0 Å². The van der Waals surface area contributed by atoms with Gasteiger partial charge < -0.3 is 14.5 Å². The fourth-order valence-electron chi connectivity index (χ4n) is 2.55. The van der Waals surface area contributed by atoms with Crippen LogP contribution in [0.1, 0.15) is 25.7 Å². The van der Waals surface area contributed by atoms with Gasteiger partial charge in [0.05, 0.1) is 17.4 Å². The van der Waals surface area contributed by atoms with Crippen molar-refractivity contribution in [1.82, 2.24) is 19.1 Å². The van der Waals surface area contributed by atoms with Crippen LogP contribution in [0.25, 0.3) is 11.0 Å². The van der Waals surface area contributed by atoms with E-state index in [9.17, 15) is 4.79 Å². The molecule has 3 rings (SSSR count). The number of carbonyl (C=O) groups is 1. The van der Waals surface area contributed by atoms with E-state index in [0.717, 1.165) is 29.0 Å². The highest BCUT2D eigenvalue weighted by Crippen LogP contribution is 2.19. The lowest BCUT2D eigenvalue weighted by atomic mass is 10.2. The fourth-order valence-corrected chi connectivity index (χ4v) is 2.55. The van der Waals surface area contributed by atoms with Crippen molar-refractivity contribution in [3.8, 4) is 0 Å². The highest BCUT2D eigenvalue weighted by molar-refractivity contribution is 5.95. The number of hydrogen-bond donors (Lipinski definition) is 1. The van der Waals surface area contributed by atoms with Gasteiger partial charge in [-0.1, -0.05) is 6.92 Å². The smallest absolute Gasteiger partial charge is 0.247 e. The predicted molar refractivity (Wildman–Crippen MR) is 85.7 cm³/mol. The number of hydrogen-bond acceptors (Lipinski definition) is 3. The van der Waals surface area contributed by atoms with E-state index in [2.05, 4.69) is 15.3 Å². The summed E-state index contributed by atoms with van der Waals surface area (Å²) < 4.78 is 3.83. The van der Waals surface area contributed by atoms with Crippen molar-refractivity contribution in [1.29, 1.82) is 0 Å². The number of nitrogens with zero attached hydrogens (tertiary/aromatic N) is 4. The van der Waals surface area contributed by atoms with Crippen LogP contribution in [0.5, 0.6) is 0 Å². The van der Waals surface area contributed by atoms with Crippen LogP contribution in [0.15, 0.2) is 36.9 Å². The van der Waals surface area contributed by atoms with Crippen LogP contribution in [0.4, 0.5) is 5.69 Å². The Morgan fingerprint density at radius 1 is 1.36 bits per heavy atom. The average Bonchev–Trinajstić information content (AvgIpc) is 3.13. The third-order valence-corrected chi connectivity index (χ3v) is 3.85. The van der Waals surface area contributed by atoms with Gasteiger partial charge in [-0.25, -0.2) is 9.97 Å². The van der Waals surface area contributed by atoms with Gasteiger partial charge in [-0.05, 0) is 25.1 Å². The van der Waals surface area contributed by atoms with E-state index in [0.29, 0.717) is 0 Å². The Labute approximate surface area is 128 Å². The summed E-state index contributed by atoms with van der Waals surface area (Å²) in [6.07, 6.45) is 6.13. The first-order valence-electron chi connectivity index (χ1n) is 7.33. The molecule has 0 aliphatic carbocycles. The summed E-state index contributed by atoms with van der Waals surface area (Å²) in [7, 11) is 1.93. The first kappa shape index (κ1) is 14.3. The van der Waals surface area contributed by atoms with Crippen molar-refractivity contribution in [2.75, 3.05) is 5.32 Å². The van der Waals surface area contributed by atoms with Crippen molar-refractivity contribution < 1.29 is 4.79 Å². The largest absolute Gasteiger partial charge is 0.334 e. The quantitative estimate of drug-likeness (QED) is 0.805. The molecule has 0 radical (unpaired) electrons. The molecule has 1 atom stereocenters. The number of benzene rings is 1. The minimum Gasteiger partial charge on any atom is -0.334 e. The van der Waals surface area contributed by atoms with Crippen molar-refractivity contribution in [2.24, 2.45) is 7.05 Å². The number of imidazole rings is 2. The van der Waals surface area contributed by atoms with Gasteiger partial charge in [-0.2, -0.15) is 0 Å². The van der Waals surface area contributed by atoms with Crippen LogP contribution in [0.3, 0.4) is 0 Å². The van der Waals surface area contributed by atoms with Gasteiger partial charge >= 0.3 is 0 Å². The van der Waals surface area contributed by atoms with Gasteiger partial charge in [-0.15, -0.1) is 0 Å². The summed E-state index contributed by atoms with van der Waals surface area (Å²) in [6.45, 7) is 3.90. The third-order valence-electron chi connectivity index (χ3n) is 3.85. The van der Waals surface area contributed by atoms with Gasteiger partial charge in [0.25, 0.3) is 0 Å².